The van der Waals surface area contributed by atoms with E-state index in [-0.39, 0.29) is 11.3 Å². The zero-order valence-corrected chi connectivity index (χ0v) is 16.6. The summed E-state index contributed by atoms with van der Waals surface area (Å²) in [5.41, 5.74) is -0.919. The van der Waals surface area contributed by atoms with Crippen molar-refractivity contribution in [1.29, 1.82) is 0 Å². The molecule has 9 heteroatoms. The summed E-state index contributed by atoms with van der Waals surface area (Å²) in [6.45, 7) is 0. The third-order valence-corrected chi connectivity index (χ3v) is 4.42. The van der Waals surface area contributed by atoms with E-state index in [9.17, 15) is 14.4 Å². The lowest BCUT2D eigenvalue weighted by Crippen LogP contribution is -2.38. The largest absolute Gasteiger partial charge is 0.493 e. The molecule has 0 aliphatic heterocycles. The number of aromatic nitrogens is 2. The Balaban J connectivity index is 2.04. The normalized spacial score (nSPS) is 10.4. The molecule has 0 fully saturated rings. The lowest BCUT2D eigenvalue weighted by molar-refractivity contribution is 0.102. The van der Waals surface area contributed by atoms with E-state index in [4.69, 9.17) is 9.47 Å². The molecule has 0 atom stereocenters. The SMILES string of the molecule is COc1ccc(-n2c(=O)[nH]cc(C(=O)Nc3cccc(Br)c3)c2=O)cc1OC. The van der Waals surface area contributed by atoms with E-state index < -0.39 is 17.2 Å². The molecule has 3 rings (SSSR count). The first kappa shape index (κ1) is 19.4. The van der Waals surface area contributed by atoms with Crippen molar-refractivity contribution < 1.29 is 14.3 Å². The van der Waals surface area contributed by atoms with E-state index in [1.807, 2.05) is 0 Å². The number of carbonyl (C=O) groups excluding carboxylic acids is 1. The van der Waals surface area contributed by atoms with Gasteiger partial charge in [0.25, 0.3) is 11.5 Å². The maximum atomic E-state index is 12.8. The Morgan fingerprint density at radius 3 is 2.50 bits per heavy atom. The van der Waals surface area contributed by atoms with Crippen LogP contribution in [0, 0.1) is 0 Å². The number of nitrogens with zero attached hydrogens (tertiary/aromatic N) is 1. The molecule has 0 spiro atoms. The number of methoxy groups -OCH3 is 2. The lowest BCUT2D eigenvalue weighted by Gasteiger charge is -2.11. The summed E-state index contributed by atoms with van der Waals surface area (Å²) in [6.07, 6.45) is 1.09. The van der Waals surface area contributed by atoms with Gasteiger partial charge >= 0.3 is 5.69 Å². The van der Waals surface area contributed by atoms with Crippen LogP contribution in [0.4, 0.5) is 5.69 Å². The molecule has 1 amide bonds. The highest BCUT2D eigenvalue weighted by Crippen LogP contribution is 2.28. The second-order valence-electron chi connectivity index (χ2n) is 5.65. The molecule has 0 radical (unpaired) electrons. The van der Waals surface area contributed by atoms with E-state index in [2.05, 4.69) is 26.2 Å². The summed E-state index contributed by atoms with van der Waals surface area (Å²) < 4.78 is 12.0. The predicted octanol–water partition coefficient (Wildman–Crippen LogP) is 2.56. The maximum absolute atomic E-state index is 12.8. The van der Waals surface area contributed by atoms with Crippen molar-refractivity contribution in [3.05, 3.63) is 79.5 Å². The van der Waals surface area contributed by atoms with E-state index in [0.29, 0.717) is 17.2 Å². The van der Waals surface area contributed by atoms with Crippen LogP contribution in [0.25, 0.3) is 5.69 Å². The number of carbonyl (C=O) groups is 1. The molecule has 0 aliphatic carbocycles. The molecule has 3 aromatic rings. The summed E-state index contributed by atoms with van der Waals surface area (Å²) >= 11 is 3.31. The van der Waals surface area contributed by atoms with Crippen molar-refractivity contribution in [2.75, 3.05) is 19.5 Å². The summed E-state index contributed by atoms with van der Waals surface area (Å²) in [4.78, 5) is 40.1. The van der Waals surface area contributed by atoms with Gasteiger partial charge in [0.15, 0.2) is 11.5 Å². The second-order valence-corrected chi connectivity index (χ2v) is 6.57. The van der Waals surface area contributed by atoms with E-state index in [0.717, 1.165) is 15.2 Å². The van der Waals surface area contributed by atoms with Gasteiger partial charge in [0, 0.05) is 22.4 Å². The molecular formula is C19H16BrN3O5. The van der Waals surface area contributed by atoms with Crippen LogP contribution in [-0.4, -0.2) is 29.7 Å². The van der Waals surface area contributed by atoms with Crippen molar-refractivity contribution >= 4 is 27.5 Å². The Bertz CT molecular complexity index is 1150. The molecule has 2 aromatic carbocycles. The van der Waals surface area contributed by atoms with Crippen molar-refractivity contribution in [3.63, 3.8) is 0 Å². The van der Waals surface area contributed by atoms with Crippen LogP contribution in [-0.2, 0) is 0 Å². The zero-order chi connectivity index (χ0) is 20.3. The van der Waals surface area contributed by atoms with Gasteiger partial charge in [-0.15, -0.1) is 0 Å². The van der Waals surface area contributed by atoms with Crippen LogP contribution in [0.3, 0.4) is 0 Å². The molecule has 0 saturated carbocycles. The van der Waals surface area contributed by atoms with Crippen LogP contribution < -0.4 is 26.0 Å². The Kier molecular flexibility index (Phi) is 5.65. The lowest BCUT2D eigenvalue weighted by atomic mass is 10.2. The number of amides is 1. The molecule has 28 heavy (non-hydrogen) atoms. The monoisotopic (exact) mass is 445 g/mol. The summed E-state index contributed by atoms with van der Waals surface area (Å²) in [6, 6.07) is 11.5. The minimum absolute atomic E-state index is 0.214. The Hall–Kier alpha value is -3.33. The average Bonchev–Trinajstić information content (AvgIpc) is 2.67. The Morgan fingerprint density at radius 2 is 1.82 bits per heavy atom. The standard InChI is InChI=1S/C19H16BrN3O5/c1-27-15-7-6-13(9-16(15)28-2)23-18(25)14(10-21-19(23)26)17(24)22-12-5-3-4-11(20)8-12/h3-10H,1-2H3,(H,21,26)(H,22,24). The first-order chi connectivity index (χ1) is 13.4. The summed E-state index contributed by atoms with van der Waals surface area (Å²) in [5.74, 6) is 0.142. The molecule has 8 nitrogen and oxygen atoms in total. The highest BCUT2D eigenvalue weighted by atomic mass is 79.9. The third kappa shape index (κ3) is 3.84. The summed E-state index contributed by atoms with van der Waals surface area (Å²) in [5, 5.41) is 2.63. The molecule has 0 aliphatic rings. The number of aromatic amines is 1. The molecule has 0 unspecified atom stereocenters. The highest BCUT2D eigenvalue weighted by molar-refractivity contribution is 9.10. The van der Waals surface area contributed by atoms with Crippen molar-refractivity contribution in [2.45, 2.75) is 0 Å². The molecule has 144 valence electrons. The van der Waals surface area contributed by atoms with Crippen molar-refractivity contribution in [3.8, 4) is 17.2 Å². The van der Waals surface area contributed by atoms with Gasteiger partial charge in [-0.05, 0) is 30.3 Å². The Labute approximate surface area is 167 Å². The number of hydrogen-bond acceptors (Lipinski definition) is 5. The number of benzene rings is 2. The zero-order valence-electron chi connectivity index (χ0n) is 15.0. The molecule has 2 N–H and O–H groups in total. The number of nitrogens with one attached hydrogen (secondary N) is 2. The number of rotatable bonds is 5. The van der Waals surface area contributed by atoms with Crippen molar-refractivity contribution in [2.24, 2.45) is 0 Å². The molecule has 1 aromatic heterocycles. The van der Waals surface area contributed by atoms with Gasteiger partial charge in [-0.25, -0.2) is 9.36 Å². The molecular weight excluding hydrogens is 430 g/mol. The fraction of sp³-hybridized carbons (Fsp3) is 0.105. The minimum Gasteiger partial charge on any atom is -0.493 e. The fourth-order valence-electron chi connectivity index (χ4n) is 2.60. The first-order valence-electron chi connectivity index (χ1n) is 8.08. The first-order valence-corrected chi connectivity index (χ1v) is 8.88. The van der Waals surface area contributed by atoms with Crippen LogP contribution in [0.1, 0.15) is 10.4 Å². The van der Waals surface area contributed by atoms with Gasteiger partial charge in [0.1, 0.15) is 5.56 Å². The number of H-pyrrole nitrogens is 1. The number of anilines is 1. The average molecular weight is 446 g/mol. The highest BCUT2D eigenvalue weighted by Gasteiger charge is 2.17. The van der Waals surface area contributed by atoms with Crippen molar-refractivity contribution in [1.82, 2.24) is 9.55 Å². The fourth-order valence-corrected chi connectivity index (χ4v) is 3.00. The number of halogens is 1. The number of hydrogen-bond donors (Lipinski definition) is 2. The van der Waals surface area contributed by atoms with Crippen LogP contribution in [0.15, 0.2) is 62.7 Å². The quantitative estimate of drug-likeness (QED) is 0.628. The third-order valence-electron chi connectivity index (χ3n) is 3.93. The number of ether oxygens (including phenoxy) is 2. The topological polar surface area (TPSA) is 102 Å². The Morgan fingerprint density at radius 1 is 1.07 bits per heavy atom. The smallest absolute Gasteiger partial charge is 0.333 e. The van der Waals surface area contributed by atoms with E-state index in [1.54, 1.807) is 30.3 Å². The molecule has 0 saturated heterocycles. The van der Waals surface area contributed by atoms with Crippen LogP contribution in [0.5, 0.6) is 11.5 Å². The van der Waals surface area contributed by atoms with Gasteiger partial charge in [0.05, 0.1) is 19.9 Å². The van der Waals surface area contributed by atoms with Crippen LogP contribution >= 0.6 is 15.9 Å². The van der Waals surface area contributed by atoms with Gasteiger partial charge in [0.2, 0.25) is 0 Å². The van der Waals surface area contributed by atoms with Crippen LogP contribution in [0.2, 0.25) is 0 Å². The van der Waals surface area contributed by atoms with E-state index in [1.165, 1.54) is 26.4 Å². The second kappa shape index (κ2) is 8.13. The summed E-state index contributed by atoms with van der Waals surface area (Å²) in [7, 11) is 2.92. The van der Waals surface area contributed by atoms with E-state index >= 15 is 0 Å². The maximum Gasteiger partial charge on any atom is 0.333 e. The van der Waals surface area contributed by atoms with Gasteiger partial charge in [-0.2, -0.15) is 0 Å². The molecule has 1 heterocycles. The van der Waals surface area contributed by atoms with Gasteiger partial charge in [-0.3, -0.25) is 9.59 Å². The predicted molar refractivity (Wildman–Crippen MR) is 108 cm³/mol. The minimum atomic E-state index is -0.761. The molecule has 0 bridgehead atoms. The van der Waals surface area contributed by atoms with Gasteiger partial charge < -0.3 is 19.8 Å². The van der Waals surface area contributed by atoms with Gasteiger partial charge in [-0.1, -0.05) is 22.0 Å².